The molecule has 0 aromatic carbocycles. The van der Waals surface area contributed by atoms with Crippen molar-refractivity contribution in [1.82, 2.24) is 10.2 Å². The summed E-state index contributed by atoms with van der Waals surface area (Å²) in [4.78, 5) is 3.60. The lowest BCUT2D eigenvalue weighted by atomic mass is 10.1. The first kappa shape index (κ1) is 14.0. The van der Waals surface area contributed by atoms with Gasteiger partial charge in [0.05, 0.1) is 4.88 Å². The van der Waals surface area contributed by atoms with Gasteiger partial charge in [-0.15, -0.1) is 11.3 Å². The van der Waals surface area contributed by atoms with Crippen LogP contribution in [0.3, 0.4) is 0 Å². The maximum Gasteiger partial charge on any atom is 0.204 e. The molecule has 1 saturated heterocycles. The van der Waals surface area contributed by atoms with Crippen molar-refractivity contribution in [3.05, 3.63) is 22.4 Å². The third kappa shape index (κ3) is 3.10. The highest BCUT2D eigenvalue weighted by atomic mass is 32.1. The van der Waals surface area contributed by atoms with Crippen molar-refractivity contribution in [1.29, 1.82) is 0 Å². The molecule has 0 radical (unpaired) electrons. The Balaban J connectivity index is 1.97. The van der Waals surface area contributed by atoms with E-state index in [1.54, 1.807) is 25.6 Å². The van der Waals surface area contributed by atoms with Crippen molar-refractivity contribution in [2.45, 2.75) is 12.2 Å². The number of hydrogen-bond acceptors (Lipinski definition) is 5. The smallest absolute Gasteiger partial charge is 0.204 e. The molecule has 2 rings (SSSR count). The molecule has 0 spiro atoms. The molecule has 1 aromatic heterocycles. The van der Waals surface area contributed by atoms with Gasteiger partial charge in [-0.3, -0.25) is 0 Å². The average molecular weight is 270 g/mol. The average Bonchev–Trinajstić information content (AvgIpc) is 2.96. The van der Waals surface area contributed by atoms with Crippen molar-refractivity contribution in [2.75, 3.05) is 46.9 Å². The number of rotatable bonds is 6. The first-order chi connectivity index (χ1) is 8.80. The molecule has 5 heteroatoms. The van der Waals surface area contributed by atoms with E-state index in [9.17, 15) is 0 Å². The van der Waals surface area contributed by atoms with Crippen LogP contribution in [-0.4, -0.2) is 51.8 Å². The highest BCUT2D eigenvalue weighted by molar-refractivity contribution is 7.10. The molecule has 1 aromatic rings. The van der Waals surface area contributed by atoms with Crippen LogP contribution in [-0.2, 0) is 15.3 Å². The number of nitrogens with one attached hydrogen (secondary N) is 1. The Morgan fingerprint density at radius 2 is 2.06 bits per heavy atom. The minimum Gasteiger partial charge on any atom is -0.349 e. The number of piperazine rings is 1. The molecule has 0 unspecified atom stereocenters. The Morgan fingerprint density at radius 3 is 2.61 bits per heavy atom. The van der Waals surface area contributed by atoms with Gasteiger partial charge in [0.2, 0.25) is 5.79 Å². The second-order valence-electron chi connectivity index (χ2n) is 4.48. The van der Waals surface area contributed by atoms with Crippen molar-refractivity contribution in [3.8, 4) is 0 Å². The maximum absolute atomic E-state index is 5.67. The summed E-state index contributed by atoms with van der Waals surface area (Å²) in [5.41, 5.74) is 0. The molecule has 1 aliphatic rings. The molecule has 1 fully saturated rings. The summed E-state index contributed by atoms with van der Waals surface area (Å²) >= 11 is 1.68. The molecular formula is C13H22N2O2S. The number of thiophene rings is 1. The molecule has 0 bridgehead atoms. The van der Waals surface area contributed by atoms with Gasteiger partial charge in [-0.1, -0.05) is 6.07 Å². The Labute approximate surface area is 113 Å². The summed E-state index contributed by atoms with van der Waals surface area (Å²) < 4.78 is 11.3. The lowest BCUT2D eigenvalue weighted by molar-refractivity contribution is -0.219. The van der Waals surface area contributed by atoms with E-state index in [0.29, 0.717) is 0 Å². The summed E-state index contributed by atoms with van der Waals surface area (Å²) in [6.45, 7) is 5.36. The second-order valence-corrected chi connectivity index (χ2v) is 5.43. The highest BCUT2D eigenvalue weighted by Gasteiger charge is 2.33. The number of hydrogen-bond donors (Lipinski definition) is 1. The summed E-state index contributed by atoms with van der Waals surface area (Å²) in [5, 5.41) is 5.43. The first-order valence-corrected chi connectivity index (χ1v) is 7.26. The third-order valence-electron chi connectivity index (χ3n) is 3.52. The fourth-order valence-electron chi connectivity index (χ4n) is 2.35. The van der Waals surface area contributed by atoms with E-state index in [2.05, 4.69) is 21.7 Å². The van der Waals surface area contributed by atoms with Gasteiger partial charge in [-0.25, -0.2) is 0 Å². The molecular weight excluding hydrogens is 248 g/mol. The molecule has 1 N–H and O–H groups in total. The van der Waals surface area contributed by atoms with Crippen LogP contribution < -0.4 is 5.32 Å². The van der Waals surface area contributed by atoms with Gasteiger partial charge in [0, 0.05) is 53.4 Å². The van der Waals surface area contributed by atoms with Crippen LogP contribution in [0.5, 0.6) is 0 Å². The molecule has 0 amide bonds. The van der Waals surface area contributed by atoms with Gasteiger partial charge >= 0.3 is 0 Å². The maximum atomic E-state index is 5.67. The van der Waals surface area contributed by atoms with Crippen LogP contribution in [0.25, 0.3) is 0 Å². The van der Waals surface area contributed by atoms with Gasteiger partial charge in [0.1, 0.15) is 0 Å². The van der Waals surface area contributed by atoms with Crippen molar-refractivity contribution in [3.63, 3.8) is 0 Å². The van der Waals surface area contributed by atoms with E-state index in [1.807, 2.05) is 6.07 Å². The van der Waals surface area contributed by atoms with Crippen LogP contribution in [0.1, 0.15) is 11.3 Å². The quantitative estimate of drug-likeness (QED) is 0.794. The van der Waals surface area contributed by atoms with E-state index in [1.165, 1.54) is 0 Å². The largest absolute Gasteiger partial charge is 0.349 e. The fraction of sp³-hybridized carbons (Fsp3) is 0.692. The number of methoxy groups -OCH3 is 2. The van der Waals surface area contributed by atoms with Crippen molar-refractivity contribution < 1.29 is 9.47 Å². The van der Waals surface area contributed by atoms with Crippen LogP contribution in [0, 0.1) is 0 Å². The molecule has 18 heavy (non-hydrogen) atoms. The molecule has 0 atom stereocenters. The molecule has 1 aliphatic heterocycles. The first-order valence-electron chi connectivity index (χ1n) is 6.38. The van der Waals surface area contributed by atoms with Crippen LogP contribution >= 0.6 is 11.3 Å². The Hall–Kier alpha value is -0.460. The predicted octanol–water partition coefficient (Wildman–Crippen LogP) is 1.49. The van der Waals surface area contributed by atoms with E-state index in [0.717, 1.165) is 44.0 Å². The third-order valence-corrected chi connectivity index (χ3v) is 4.52. The normalized spacial score (nSPS) is 18.1. The molecule has 102 valence electrons. The second kappa shape index (κ2) is 6.63. The Kier molecular flexibility index (Phi) is 5.14. The summed E-state index contributed by atoms with van der Waals surface area (Å²) in [6.07, 6.45) is 0.862. The fourth-order valence-corrected chi connectivity index (χ4v) is 3.26. The summed E-state index contributed by atoms with van der Waals surface area (Å²) in [6, 6.07) is 4.12. The SMILES string of the molecule is COC(CCN1CCNCC1)(OC)c1cccs1. The number of ether oxygens (including phenoxy) is 2. The molecule has 4 nitrogen and oxygen atoms in total. The topological polar surface area (TPSA) is 33.7 Å². The molecule has 0 aliphatic carbocycles. The van der Waals surface area contributed by atoms with E-state index >= 15 is 0 Å². The van der Waals surface area contributed by atoms with Crippen LogP contribution in [0.2, 0.25) is 0 Å². The van der Waals surface area contributed by atoms with E-state index in [4.69, 9.17) is 9.47 Å². The molecule has 2 heterocycles. The van der Waals surface area contributed by atoms with Gasteiger partial charge in [-0.05, 0) is 11.4 Å². The highest BCUT2D eigenvalue weighted by Crippen LogP contribution is 2.33. The Morgan fingerprint density at radius 1 is 1.33 bits per heavy atom. The van der Waals surface area contributed by atoms with Gasteiger partial charge in [0.25, 0.3) is 0 Å². The zero-order chi connectivity index (χ0) is 12.8. The van der Waals surface area contributed by atoms with Gasteiger partial charge < -0.3 is 19.7 Å². The van der Waals surface area contributed by atoms with Gasteiger partial charge in [0.15, 0.2) is 0 Å². The summed E-state index contributed by atoms with van der Waals surface area (Å²) in [5.74, 6) is -0.584. The van der Waals surface area contributed by atoms with Crippen molar-refractivity contribution >= 4 is 11.3 Å². The number of nitrogens with zero attached hydrogens (tertiary/aromatic N) is 1. The standard InChI is InChI=1S/C13H22N2O2S/c1-16-13(17-2,12-4-3-11-18-12)5-8-15-9-6-14-7-10-15/h3-4,11,14H,5-10H2,1-2H3. The predicted molar refractivity (Wildman–Crippen MR) is 73.9 cm³/mol. The lowest BCUT2D eigenvalue weighted by Gasteiger charge is -2.34. The monoisotopic (exact) mass is 270 g/mol. The van der Waals surface area contributed by atoms with Gasteiger partial charge in [-0.2, -0.15) is 0 Å². The molecule has 0 saturated carbocycles. The minimum atomic E-state index is -0.584. The Bertz CT molecular complexity index is 333. The van der Waals surface area contributed by atoms with E-state index in [-0.39, 0.29) is 0 Å². The minimum absolute atomic E-state index is 0.584. The van der Waals surface area contributed by atoms with Crippen LogP contribution in [0.4, 0.5) is 0 Å². The van der Waals surface area contributed by atoms with Crippen molar-refractivity contribution in [2.24, 2.45) is 0 Å². The summed E-state index contributed by atoms with van der Waals surface area (Å²) in [7, 11) is 3.45. The zero-order valence-corrected chi connectivity index (χ0v) is 12.0. The van der Waals surface area contributed by atoms with E-state index < -0.39 is 5.79 Å². The van der Waals surface area contributed by atoms with Crippen LogP contribution in [0.15, 0.2) is 17.5 Å². The lowest BCUT2D eigenvalue weighted by Crippen LogP contribution is -2.45. The zero-order valence-electron chi connectivity index (χ0n) is 11.1.